The van der Waals surface area contributed by atoms with Gasteiger partial charge in [0.25, 0.3) is 0 Å². The van der Waals surface area contributed by atoms with Crippen LogP contribution in [0.25, 0.3) is 0 Å². The summed E-state index contributed by atoms with van der Waals surface area (Å²) in [6.45, 7) is 2.06. The molecule has 0 spiro atoms. The number of benzene rings is 1. The molecule has 0 aliphatic rings. The SMILES string of the molecule is CCCS(=O)(=O)CCNc1c(Cl)cc(F)cc1Br. The van der Waals surface area contributed by atoms with Crippen molar-refractivity contribution in [2.75, 3.05) is 23.4 Å². The van der Waals surface area contributed by atoms with Crippen molar-refractivity contribution in [2.24, 2.45) is 0 Å². The Morgan fingerprint density at radius 2 is 2.06 bits per heavy atom. The highest BCUT2D eigenvalue weighted by Crippen LogP contribution is 2.31. The molecule has 0 fully saturated rings. The lowest BCUT2D eigenvalue weighted by molar-refractivity contribution is 0.595. The van der Waals surface area contributed by atoms with Crippen LogP contribution in [0.5, 0.6) is 0 Å². The van der Waals surface area contributed by atoms with E-state index in [1.807, 2.05) is 6.92 Å². The topological polar surface area (TPSA) is 46.2 Å². The molecule has 0 aliphatic carbocycles. The summed E-state index contributed by atoms with van der Waals surface area (Å²) in [5, 5.41) is 3.12. The zero-order valence-corrected chi connectivity index (χ0v) is 13.0. The van der Waals surface area contributed by atoms with Crippen LogP contribution in [0, 0.1) is 5.82 Å². The highest BCUT2D eigenvalue weighted by atomic mass is 79.9. The van der Waals surface area contributed by atoms with Gasteiger partial charge in [-0.15, -0.1) is 0 Å². The standard InChI is InChI=1S/C11H14BrClFNO2S/c1-2-4-18(16,17)5-3-15-11-9(12)6-8(14)7-10(11)13/h6-7,15H,2-5H2,1H3. The van der Waals surface area contributed by atoms with E-state index >= 15 is 0 Å². The third-order valence-electron chi connectivity index (χ3n) is 2.24. The predicted octanol–water partition coefficient (Wildman–Crippen LogP) is 3.48. The number of hydrogen-bond donors (Lipinski definition) is 1. The number of nitrogens with one attached hydrogen (secondary N) is 1. The molecule has 1 rings (SSSR count). The Hall–Kier alpha value is -0.330. The number of sulfone groups is 1. The van der Waals surface area contributed by atoms with Crippen LogP contribution in [-0.2, 0) is 9.84 Å². The monoisotopic (exact) mass is 357 g/mol. The maximum absolute atomic E-state index is 13.0. The maximum atomic E-state index is 13.0. The van der Waals surface area contributed by atoms with E-state index in [-0.39, 0.29) is 23.1 Å². The molecule has 1 aromatic carbocycles. The molecule has 1 aromatic rings. The van der Waals surface area contributed by atoms with E-state index in [4.69, 9.17) is 11.6 Å². The average Bonchev–Trinajstić information content (AvgIpc) is 2.21. The van der Waals surface area contributed by atoms with Crippen LogP contribution in [0.1, 0.15) is 13.3 Å². The Labute approximate surface area is 120 Å². The van der Waals surface area contributed by atoms with E-state index in [0.717, 1.165) is 0 Å². The summed E-state index contributed by atoms with van der Waals surface area (Å²) in [4.78, 5) is 0. The van der Waals surface area contributed by atoms with E-state index in [1.54, 1.807) is 0 Å². The highest BCUT2D eigenvalue weighted by Gasteiger charge is 2.11. The zero-order valence-electron chi connectivity index (χ0n) is 9.84. The molecule has 1 N–H and O–H groups in total. The normalized spacial score (nSPS) is 11.6. The van der Waals surface area contributed by atoms with Gasteiger partial charge in [0.15, 0.2) is 9.84 Å². The maximum Gasteiger partial charge on any atom is 0.152 e. The van der Waals surface area contributed by atoms with Crippen LogP contribution >= 0.6 is 27.5 Å². The van der Waals surface area contributed by atoms with E-state index in [2.05, 4.69) is 21.2 Å². The molecule has 0 radical (unpaired) electrons. The molecule has 0 heterocycles. The number of rotatable bonds is 6. The molecule has 0 aliphatic heterocycles. The summed E-state index contributed by atoms with van der Waals surface area (Å²) in [6.07, 6.45) is 0.601. The fourth-order valence-electron chi connectivity index (χ4n) is 1.46. The molecule has 18 heavy (non-hydrogen) atoms. The Morgan fingerprint density at radius 1 is 1.39 bits per heavy atom. The van der Waals surface area contributed by atoms with Gasteiger partial charge in [-0.3, -0.25) is 0 Å². The Bertz CT molecular complexity index is 499. The quantitative estimate of drug-likeness (QED) is 0.847. The lowest BCUT2D eigenvalue weighted by Gasteiger charge is -2.10. The molecular formula is C11H14BrClFNO2S. The van der Waals surface area contributed by atoms with Gasteiger partial charge >= 0.3 is 0 Å². The Balaban J connectivity index is 2.65. The summed E-state index contributed by atoms with van der Waals surface area (Å²) in [6, 6.07) is 2.45. The molecule has 3 nitrogen and oxygen atoms in total. The van der Waals surface area contributed by atoms with Crippen molar-refractivity contribution in [1.29, 1.82) is 0 Å². The lowest BCUT2D eigenvalue weighted by atomic mass is 10.3. The molecule has 0 atom stereocenters. The molecule has 102 valence electrons. The predicted molar refractivity (Wildman–Crippen MR) is 76.5 cm³/mol. The van der Waals surface area contributed by atoms with Gasteiger partial charge in [-0.05, 0) is 34.5 Å². The first-order chi connectivity index (χ1) is 8.35. The van der Waals surface area contributed by atoms with E-state index in [0.29, 0.717) is 16.6 Å². The summed E-state index contributed by atoms with van der Waals surface area (Å²) in [7, 11) is -3.03. The Kier molecular flexibility index (Phi) is 5.88. The second-order valence-electron chi connectivity index (χ2n) is 3.82. The second-order valence-corrected chi connectivity index (χ2v) is 7.39. The van der Waals surface area contributed by atoms with Crippen LogP contribution in [-0.4, -0.2) is 26.5 Å². The fraction of sp³-hybridized carbons (Fsp3) is 0.455. The van der Waals surface area contributed by atoms with Gasteiger partial charge < -0.3 is 5.32 Å². The Morgan fingerprint density at radius 3 is 2.61 bits per heavy atom. The summed E-state index contributed by atoms with van der Waals surface area (Å²) < 4.78 is 36.5. The third-order valence-corrected chi connectivity index (χ3v) is 5.02. The van der Waals surface area contributed by atoms with E-state index < -0.39 is 15.7 Å². The van der Waals surface area contributed by atoms with Gasteiger partial charge in [0.05, 0.1) is 16.5 Å². The van der Waals surface area contributed by atoms with Crippen LogP contribution in [0.3, 0.4) is 0 Å². The van der Waals surface area contributed by atoms with Crippen molar-refractivity contribution in [1.82, 2.24) is 0 Å². The molecule has 0 bridgehead atoms. The molecule has 0 saturated carbocycles. The van der Waals surface area contributed by atoms with E-state index in [9.17, 15) is 12.8 Å². The van der Waals surface area contributed by atoms with Crippen molar-refractivity contribution < 1.29 is 12.8 Å². The van der Waals surface area contributed by atoms with Crippen molar-refractivity contribution in [2.45, 2.75) is 13.3 Å². The van der Waals surface area contributed by atoms with Gasteiger partial charge in [0, 0.05) is 16.8 Å². The van der Waals surface area contributed by atoms with Crippen molar-refractivity contribution in [3.63, 3.8) is 0 Å². The smallest absolute Gasteiger partial charge is 0.152 e. The minimum Gasteiger partial charge on any atom is -0.382 e. The van der Waals surface area contributed by atoms with Gasteiger partial charge in [-0.25, -0.2) is 12.8 Å². The minimum atomic E-state index is -3.03. The molecular weight excluding hydrogens is 345 g/mol. The molecule has 7 heteroatoms. The molecule has 0 saturated heterocycles. The van der Waals surface area contributed by atoms with Gasteiger partial charge in [0.2, 0.25) is 0 Å². The number of anilines is 1. The van der Waals surface area contributed by atoms with Crippen molar-refractivity contribution in [3.05, 3.63) is 27.4 Å². The van der Waals surface area contributed by atoms with E-state index in [1.165, 1.54) is 12.1 Å². The number of hydrogen-bond acceptors (Lipinski definition) is 3. The summed E-state index contributed by atoms with van der Waals surface area (Å²) >= 11 is 9.04. The molecule has 0 amide bonds. The lowest BCUT2D eigenvalue weighted by Crippen LogP contribution is -2.18. The first-order valence-electron chi connectivity index (χ1n) is 5.44. The second kappa shape index (κ2) is 6.73. The van der Waals surface area contributed by atoms with Gasteiger partial charge in [0.1, 0.15) is 5.82 Å². The van der Waals surface area contributed by atoms with Crippen LogP contribution in [0.2, 0.25) is 5.02 Å². The van der Waals surface area contributed by atoms with Crippen molar-refractivity contribution in [3.8, 4) is 0 Å². The van der Waals surface area contributed by atoms with Crippen molar-refractivity contribution >= 4 is 43.1 Å². The molecule has 0 aromatic heterocycles. The molecule has 0 unspecified atom stereocenters. The van der Waals surface area contributed by atoms with Crippen LogP contribution in [0.4, 0.5) is 10.1 Å². The number of halogens is 3. The van der Waals surface area contributed by atoms with Gasteiger partial charge in [-0.2, -0.15) is 0 Å². The summed E-state index contributed by atoms with van der Waals surface area (Å²) in [5.74, 6) is -0.246. The fourth-order valence-corrected chi connectivity index (χ4v) is 3.65. The largest absolute Gasteiger partial charge is 0.382 e. The average molecular weight is 359 g/mol. The third kappa shape index (κ3) is 4.74. The van der Waals surface area contributed by atoms with Crippen LogP contribution in [0.15, 0.2) is 16.6 Å². The van der Waals surface area contributed by atoms with Crippen LogP contribution < -0.4 is 5.32 Å². The first-order valence-corrected chi connectivity index (χ1v) is 8.44. The minimum absolute atomic E-state index is 0.0288. The first kappa shape index (κ1) is 15.7. The van der Waals surface area contributed by atoms with Gasteiger partial charge in [-0.1, -0.05) is 18.5 Å². The zero-order chi connectivity index (χ0) is 13.8. The summed E-state index contributed by atoms with van der Waals surface area (Å²) in [5.41, 5.74) is 0.504. The highest BCUT2D eigenvalue weighted by molar-refractivity contribution is 9.10.